The monoisotopic (exact) mass is 535 g/mol. The van der Waals surface area contributed by atoms with Gasteiger partial charge in [-0.1, -0.05) is 23.7 Å². The average Bonchev–Trinajstić information content (AvgIpc) is 3.04. The number of halogens is 2. The van der Waals surface area contributed by atoms with Crippen LogP contribution in [-0.4, -0.2) is 54.8 Å². The second kappa shape index (κ2) is 10.1. The summed E-state index contributed by atoms with van der Waals surface area (Å²) in [7, 11) is 0. The molecule has 2 aromatic rings. The topological polar surface area (TPSA) is 79.0 Å². The first-order chi connectivity index (χ1) is 15.4. The molecule has 2 saturated heterocycles. The zero-order valence-electron chi connectivity index (χ0n) is 16.8. The smallest absolute Gasteiger partial charge is 0.294 e. The number of hydrogen-bond donors (Lipinski definition) is 1. The maximum Gasteiger partial charge on any atom is 0.294 e. The van der Waals surface area contributed by atoms with Gasteiger partial charge in [-0.3, -0.25) is 19.3 Å². The van der Waals surface area contributed by atoms with Crippen molar-refractivity contribution in [2.75, 3.05) is 43.1 Å². The van der Waals surface area contributed by atoms with Crippen molar-refractivity contribution in [1.82, 2.24) is 4.90 Å². The van der Waals surface area contributed by atoms with Gasteiger partial charge in [0.2, 0.25) is 5.91 Å². The van der Waals surface area contributed by atoms with Crippen molar-refractivity contribution in [2.45, 2.75) is 0 Å². The summed E-state index contributed by atoms with van der Waals surface area (Å²) < 4.78 is 6.07. The molecule has 0 atom stereocenters. The Kier molecular flexibility index (Phi) is 7.20. The third-order valence-corrected chi connectivity index (χ3v) is 7.09. The van der Waals surface area contributed by atoms with Crippen LogP contribution in [0.3, 0.4) is 0 Å². The third kappa shape index (κ3) is 5.35. The van der Waals surface area contributed by atoms with Gasteiger partial charge in [-0.05, 0) is 69.7 Å². The van der Waals surface area contributed by atoms with E-state index < -0.39 is 17.1 Å². The SMILES string of the molecule is O=C(CN1C(=O)S/C(=C/c2ccc(N3CCOCC3)cc2)C1=O)Nc1ccc(Br)c(Cl)c1. The van der Waals surface area contributed by atoms with Gasteiger partial charge in [-0.15, -0.1) is 0 Å². The highest BCUT2D eigenvalue weighted by molar-refractivity contribution is 9.10. The summed E-state index contributed by atoms with van der Waals surface area (Å²) in [6, 6.07) is 12.7. The van der Waals surface area contributed by atoms with Crippen molar-refractivity contribution < 1.29 is 19.1 Å². The van der Waals surface area contributed by atoms with Crippen LogP contribution in [0.4, 0.5) is 16.2 Å². The number of anilines is 2. The van der Waals surface area contributed by atoms with Crippen LogP contribution in [0.1, 0.15) is 5.56 Å². The number of amides is 3. The largest absolute Gasteiger partial charge is 0.378 e. The highest BCUT2D eigenvalue weighted by Crippen LogP contribution is 2.32. The number of imide groups is 1. The van der Waals surface area contributed by atoms with Crippen molar-refractivity contribution in [3.63, 3.8) is 0 Å². The van der Waals surface area contributed by atoms with Crippen molar-refractivity contribution in [1.29, 1.82) is 0 Å². The first-order valence-corrected chi connectivity index (χ1v) is 11.8. The number of rotatable bonds is 5. The zero-order valence-corrected chi connectivity index (χ0v) is 20.0. The molecule has 4 rings (SSSR count). The first kappa shape index (κ1) is 22.8. The lowest BCUT2D eigenvalue weighted by atomic mass is 10.1. The Morgan fingerprint density at radius 2 is 1.88 bits per heavy atom. The third-order valence-electron chi connectivity index (χ3n) is 4.95. The van der Waals surface area contributed by atoms with Crippen LogP contribution in [0.15, 0.2) is 51.8 Å². The molecule has 2 aliphatic heterocycles. The Labute approximate surface area is 202 Å². The van der Waals surface area contributed by atoms with Gasteiger partial charge < -0.3 is 15.0 Å². The lowest BCUT2D eigenvalue weighted by molar-refractivity contribution is -0.127. The molecule has 0 aromatic heterocycles. The summed E-state index contributed by atoms with van der Waals surface area (Å²) >= 11 is 10.1. The molecular weight excluding hydrogens is 518 g/mol. The van der Waals surface area contributed by atoms with E-state index in [0.717, 1.165) is 41.0 Å². The fourth-order valence-electron chi connectivity index (χ4n) is 3.31. The zero-order chi connectivity index (χ0) is 22.7. The van der Waals surface area contributed by atoms with Gasteiger partial charge >= 0.3 is 0 Å². The summed E-state index contributed by atoms with van der Waals surface area (Å²) in [4.78, 5) is 40.9. The van der Waals surface area contributed by atoms with E-state index in [9.17, 15) is 14.4 Å². The van der Waals surface area contributed by atoms with Crippen LogP contribution in [0.5, 0.6) is 0 Å². The van der Waals surface area contributed by atoms with Crippen molar-refractivity contribution in [3.8, 4) is 0 Å². The number of morpholine rings is 1. The van der Waals surface area contributed by atoms with E-state index in [0.29, 0.717) is 28.4 Å². The van der Waals surface area contributed by atoms with E-state index in [1.54, 1.807) is 24.3 Å². The molecule has 0 aliphatic carbocycles. The summed E-state index contributed by atoms with van der Waals surface area (Å²) in [6.07, 6.45) is 1.67. The highest BCUT2D eigenvalue weighted by Gasteiger charge is 2.36. The van der Waals surface area contributed by atoms with Crippen LogP contribution >= 0.6 is 39.3 Å². The lowest BCUT2D eigenvalue weighted by Gasteiger charge is -2.28. The molecule has 0 radical (unpaired) electrons. The fourth-order valence-corrected chi connectivity index (χ4v) is 4.57. The second-order valence-corrected chi connectivity index (χ2v) is 9.39. The van der Waals surface area contributed by atoms with Gasteiger partial charge in [-0.25, -0.2) is 0 Å². The number of thioether (sulfide) groups is 1. The van der Waals surface area contributed by atoms with Crippen LogP contribution < -0.4 is 10.2 Å². The Bertz CT molecular complexity index is 1090. The Morgan fingerprint density at radius 1 is 1.16 bits per heavy atom. The Morgan fingerprint density at radius 3 is 2.56 bits per heavy atom. The molecule has 2 aromatic carbocycles. The first-order valence-electron chi connectivity index (χ1n) is 9.84. The average molecular weight is 537 g/mol. The molecule has 3 amide bonds. The number of benzene rings is 2. The van der Waals surface area contributed by atoms with E-state index in [2.05, 4.69) is 26.1 Å². The van der Waals surface area contributed by atoms with Gasteiger partial charge in [0.15, 0.2) is 0 Å². The summed E-state index contributed by atoms with van der Waals surface area (Å²) in [5.41, 5.74) is 2.37. The minimum absolute atomic E-state index is 0.286. The minimum atomic E-state index is -0.485. The van der Waals surface area contributed by atoms with Crippen LogP contribution in [0, 0.1) is 0 Å². The van der Waals surface area contributed by atoms with E-state index in [4.69, 9.17) is 16.3 Å². The molecule has 0 spiro atoms. The summed E-state index contributed by atoms with van der Waals surface area (Å²) in [6.45, 7) is 2.72. The van der Waals surface area contributed by atoms with Crippen molar-refractivity contribution >= 4 is 73.8 Å². The van der Waals surface area contributed by atoms with Crippen LogP contribution in [-0.2, 0) is 14.3 Å². The quantitative estimate of drug-likeness (QED) is 0.562. The molecule has 10 heteroatoms. The fraction of sp³-hybridized carbons (Fsp3) is 0.227. The predicted octanol–water partition coefficient (Wildman–Crippen LogP) is 4.61. The molecule has 0 bridgehead atoms. The maximum absolute atomic E-state index is 12.7. The molecule has 1 N–H and O–H groups in total. The molecule has 0 unspecified atom stereocenters. The number of ether oxygens (including phenoxy) is 1. The molecular formula is C22H19BrClN3O4S. The Balaban J connectivity index is 1.40. The molecule has 32 heavy (non-hydrogen) atoms. The minimum Gasteiger partial charge on any atom is -0.378 e. The van der Waals surface area contributed by atoms with E-state index in [1.165, 1.54) is 0 Å². The van der Waals surface area contributed by atoms with E-state index in [-0.39, 0.29) is 11.4 Å². The summed E-state index contributed by atoms with van der Waals surface area (Å²) in [5, 5.41) is 2.61. The van der Waals surface area contributed by atoms with Crippen LogP contribution in [0.2, 0.25) is 5.02 Å². The summed E-state index contributed by atoms with van der Waals surface area (Å²) in [5.74, 6) is -0.969. The van der Waals surface area contributed by atoms with Gasteiger partial charge in [0.05, 0.1) is 23.1 Å². The predicted molar refractivity (Wildman–Crippen MR) is 130 cm³/mol. The number of hydrogen-bond acceptors (Lipinski definition) is 6. The molecule has 0 saturated carbocycles. The van der Waals surface area contributed by atoms with E-state index >= 15 is 0 Å². The maximum atomic E-state index is 12.7. The Hall–Kier alpha value is -2.33. The second-order valence-electron chi connectivity index (χ2n) is 7.14. The van der Waals surface area contributed by atoms with E-state index in [1.807, 2.05) is 24.3 Å². The van der Waals surface area contributed by atoms with Crippen LogP contribution in [0.25, 0.3) is 6.08 Å². The lowest BCUT2D eigenvalue weighted by Crippen LogP contribution is -2.36. The molecule has 2 fully saturated rings. The molecule has 2 aliphatic rings. The van der Waals surface area contributed by atoms with Crippen molar-refractivity contribution in [3.05, 3.63) is 62.4 Å². The van der Waals surface area contributed by atoms with Gasteiger partial charge in [0.1, 0.15) is 6.54 Å². The number of carbonyl (C=O) groups excluding carboxylic acids is 3. The molecule has 2 heterocycles. The van der Waals surface area contributed by atoms with Gasteiger partial charge in [0, 0.05) is 28.9 Å². The van der Waals surface area contributed by atoms with Gasteiger partial charge in [-0.2, -0.15) is 0 Å². The number of carbonyl (C=O) groups is 3. The number of nitrogens with zero attached hydrogens (tertiary/aromatic N) is 2. The van der Waals surface area contributed by atoms with Gasteiger partial charge in [0.25, 0.3) is 11.1 Å². The standard InChI is InChI=1S/C22H19BrClN3O4S/c23-17-6-3-15(12-18(17)24)25-20(28)13-27-21(29)19(32-22(27)30)11-14-1-4-16(5-2-14)26-7-9-31-10-8-26/h1-6,11-12H,7-10,13H2,(H,25,28)/b19-11+. The highest BCUT2D eigenvalue weighted by atomic mass is 79.9. The van der Waals surface area contributed by atoms with Crippen molar-refractivity contribution in [2.24, 2.45) is 0 Å². The normalized spacial score (nSPS) is 17.9. The number of nitrogens with one attached hydrogen (secondary N) is 1. The molecule has 166 valence electrons. The molecule has 7 nitrogen and oxygen atoms in total.